The van der Waals surface area contributed by atoms with E-state index in [2.05, 4.69) is 20.2 Å². The third kappa shape index (κ3) is 3.70. The van der Waals surface area contributed by atoms with Crippen LogP contribution in [-0.2, 0) is 11.0 Å². The number of fused-ring (bicyclic) bond motifs is 1. The number of rotatable bonds is 3. The number of imidazole rings is 1. The Labute approximate surface area is 150 Å². The maximum Gasteiger partial charge on any atom is 0.420 e. The fourth-order valence-electron chi connectivity index (χ4n) is 3.26. The number of amides is 1. The lowest BCUT2D eigenvalue weighted by Crippen LogP contribution is -2.36. The number of hydrogen-bond acceptors (Lipinski definition) is 3. The Morgan fingerprint density at radius 3 is 2.54 bits per heavy atom. The van der Waals surface area contributed by atoms with Crippen LogP contribution in [-0.4, -0.2) is 40.9 Å². The van der Waals surface area contributed by atoms with Gasteiger partial charge in [0.1, 0.15) is 16.9 Å². The topological polar surface area (TPSA) is 61.0 Å². The molecule has 5 nitrogen and oxygen atoms in total. The van der Waals surface area contributed by atoms with E-state index in [1.54, 1.807) is 0 Å². The highest BCUT2D eigenvalue weighted by Crippen LogP contribution is 2.40. The van der Waals surface area contributed by atoms with Gasteiger partial charge in [0.05, 0.1) is 11.2 Å². The largest absolute Gasteiger partial charge is 0.420 e. The molecule has 2 N–H and O–H groups in total. The van der Waals surface area contributed by atoms with Gasteiger partial charge >= 0.3 is 6.18 Å². The fourth-order valence-corrected chi connectivity index (χ4v) is 3.26. The molecule has 2 aromatic rings. The van der Waals surface area contributed by atoms with Crippen molar-refractivity contribution in [2.45, 2.75) is 38.8 Å². The van der Waals surface area contributed by atoms with Crippen molar-refractivity contribution in [2.75, 3.05) is 25.5 Å². The second kappa shape index (κ2) is 6.90. The van der Waals surface area contributed by atoms with Gasteiger partial charge in [0, 0.05) is 11.8 Å². The summed E-state index contributed by atoms with van der Waals surface area (Å²) in [4.78, 5) is 21.6. The van der Waals surface area contributed by atoms with E-state index < -0.39 is 11.7 Å². The number of alkyl halides is 3. The summed E-state index contributed by atoms with van der Waals surface area (Å²) in [6.07, 6.45) is -3.32. The van der Waals surface area contributed by atoms with Gasteiger partial charge in [-0.05, 0) is 45.1 Å². The van der Waals surface area contributed by atoms with Crippen molar-refractivity contribution in [1.29, 1.82) is 0 Å². The van der Waals surface area contributed by atoms with Crippen LogP contribution in [0.25, 0.3) is 11.0 Å². The average Bonchev–Trinajstić information content (AvgIpc) is 2.98. The lowest BCUT2D eigenvalue weighted by molar-refractivity contribution is -0.135. The predicted octanol–water partition coefficient (Wildman–Crippen LogP) is 3.99. The van der Waals surface area contributed by atoms with E-state index in [0.717, 1.165) is 13.1 Å². The molecule has 0 radical (unpaired) electrons. The summed E-state index contributed by atoms with van der Waals surface area (Å²) >= 11 is 0. The number of hydrogen-bond donors (Lipinski definition) is 2. The summed E-state index contributed by atoms with van der Waals surface area (Å²) in [5, 5.41) is 2.50. The van der Waals surface area contributed by atoms with E-state index in [1.807, 2.05) is 20.9 Å². The molecule has 1 aromatic carbocycles. The Morgan fingerprint density at radius 1 is 1.31 bits per heavy atom. The predicted molar refractivity (Wildman–Crippen MR) is 94.0 cm³/mol. The molecule has 1 fully saturated rings. The van der Waals surface area contributed by atoms with Gasteiger partial charge in [0.25, 0.3) is 0 Å². The molecule has 1 amide bonds. The van der Waals surface area contributed by atoms with Crippen LogP contribution in [0.15, 0.2) is 12.1 Å². The molecule has 0 bridgehead atoms. The van der Waals surface area contributed by atoms with Gasteiger partial charge in [-0.25, -0.2) is 4.98 Å². The number of benzene rings is 1. The number of H-pyrrole nitrogens is 1. The van der Waals surface area contributed by atoms with Gasteiger partial charge in [-0.2, -0.15) is 13.2 Å². The minimum atomic E-state index is -4.61. The Bertz CT molecular complexity index is 805. The third-order valence-corrected chi connectivity index (χ3v) is 4.85. The molecular formula is C18H23F3N4O. The number of nitrogens with one attached hydrogen (secondary N) is 2. The van der Waals surface area contributed by atoms with Gasteiger partial charge < -0.3 is 15.2 Å². The number of halogens is 3. The van der Waals surface area contributed by atoms with Gasteiger partial charge in [0.2, 0.25) is 5.91 Å². The quantitative estimate of drug-likeness (QED) is 0.861. The molecule has 142 valence electrons. The van der Waals surface area contributed by atoms with Crippen molar-refractivity contribution >= 4 is 22.6 Å². The van der Waals surface area contributed by atoms with Crippen LogP contribution >= 0.6 is 0 Å². The van der Waals surface area contributed by atoms with Gasteiger partial charge in [-0.3, -0.25) is 4.79 Å². The number of aromatic amines is 1. The zero-order valence-corrected chi connectivity index (χ0v) is 15.1. The van der Waals surface area contributed by atoms with Gasteiger partial charge in [-0.1, -0.05) is 13.8 Å². The van der Waals surface area contributed by atoms with Crippen LogP contribution in [0.3, 0.4) is 0 Å². The number of likely N-dealkylation sites (tertiary alicyclic amines) is 1. The molecule has 1 aromatic heterocycles. The number of anilines is 1. The Hall–Kier alpha value is -2.09. The molecule has 8 heteroatoms. The molecule has 0 spiro atoms. The van der Waals surface area contributed by atoms with E-state index >= 15 is 0 Å². The normalized spacial score (nSPS) is 17.2. The smallest absolute Gasteiger partial charge is 0.342 e. The number of aromatic nitrogens is 2. The van der Waals surface area contributed by atoms with Gasteiger partial charge in [0.15, 0.2) is 0 Å². The number of carbonyl (C=O) groups excluding carboxylic acids is 1. The number of piperidine rings is 1. The third-order valence-electron chi connectivity index (χ3n) is 4.85. The maximum atomic E-state index is 13.7. The van der Waals surface area contributed by atoms with Crippen LogP contribution in [0.5, 0.6) is 0 Å². The van der Waals surface area contributed by atoms with Crippen LogP contribution in [0.2, 0.25) is 0 Å². The van der Waals surface area contributed by atoms with Crippen molar-refractivity contribution in [1.82, 2.24) is 14.9 Å². The van der Waals surface area contributed by atoms with E-state index in [0.29, 0.717) is 24.2 Å². The van der Waals surface area contributed by atoms with Crippen LogP contribution in [0, 0.1) is 5.92 Å². The van der Waals surface area contributed by atoms with Crippen LogP contribution in [0.1, 0.15) is 44.0 Å². The van der Waals surface area contributed by atoms with Crippen molar-refractivity contribution in [3.05, 3.63) is 23.5 Å². The average molecular weight is 368 g/mol. The first-order valence-electron chi connectivity index (χ1n) is 8.76. The van der Waals surface area contributed by atoms with E-state index in [1.165, 1.54) is 12.1 Å². The standard InChI is InChI=1S/C18H23F3N4O/c1-10(2)16-22-13-5-4-12(14(15(13)24-16)18(19,20)21)23-17(26)11-6-8-25(3)9-7-11/h4-5,10-11H,6-9H2,1-3H3,(H,22,24)(H,23,26). The molecule has 0 aliphatic carbocycles. The number of nitrogens with zero attached hydrogens (tertiary/aromatic N) is 2. The zero-order valence-electron chi connectivity index (χ0n) is 15.1. The molecule has 3 rings (SSSR count). The first kappa shape index (κ1) is 18.7. The zero-order chi connectivity index (χ0) is 19.1. The molecular weight excluding hydrogens is 345 g/mol. The fraction of sp³-hybridized carbons (Fsp3) is 0.556. The molecule has 1 aliphatic heterocycles. The SMILES string of the molecule is CC(C)c1nc2c(C(F)(F)F)c(NC(=O)C3CCN(C)CC3)ccc2[nH]1. The Morgan fingerprint density at radius 2 is 1.96 bits per heavy atom. The second-order valence-electron chi connectivity index (χ2n) is 7.23. The lowest BCUT2D eigenvalue weighted by atomic mass is 9.96. The minimum Gasteiger partial charge on any atom is -0.342 e. The molecule has 1 saturated heterocycles. The maximum absolute atomic E-state index is 13.7. The summed E-state index contributed by atoms with van der Waals surface area (Å²) in [6, 6.07) is 2.84. The Kier molecular flexibility index (Phi) is 4.96. The van der Waals surface area contributed by atoms with Crippen LogP contribution < -0.4 is 5.32 Å². The molecule has 0 saturated carbocycles. The second-order valence-corrected chi connectivity index (χ2v) is 7.23. The molecule has 26 heavy (non-hydrogen) atoms. The van der Waals surface area contributed by atoms with Crippen molar-refractivity contribution in [3.8, 4) is 0 Å². The highest BCUT2D eigenvalue weighted by molar-refractivity contribution is 5.97. The molecule has 0 unspecified atom stereocenters. The summed E-state index contributed by atoms with van der Waals surface area (Å²) in [5.41, 5.74) is -0.948. The summed E-state index contributed by atoms with van der Waals surface area (Å²) in [6.45, 7) is 5.24. The highest BCUT2D eigenvalue weighted by Gasteiger charge is 2.38. The minimum absolute atomic E-state index is 0.0271. The number of carbonyl (C=O) groups is 1. The van der Waals surface area contributed by atoms with E-state index in [9.17, 15) is 18.0 Å². The lowest BCUT2D eigenvalue weighted by Gasteiger charge is -2.28. The van der Waals surface area contributed by atoms with Gasteiger partial charge in [-0.15, -0.1) is 0 Å². The first-order chi connectivity index (χ1) is 12.2. The monoisotopic (exact) mass is 368 g/mol. The summed E-state index contributed by atoms with van der Waals surface area (Å²) in [7, 11) is 1.97. The highest BCUT2D eigenvalue weighted by atomic mass is 19.4. The Balaban J connectivity index is 1.96. The van der Waals surface area contributed by atoms with Crippen molar-refractivity contribution in [3.63, 3.8) is 0 Å². The first-order valence-corrected chi connectivity index (χ1v) is 8.76. The van der Waals surface area contributed by atoms with Crippen molar-refractivity contribution < 1.29 is 18.0 Å². The summed E-state index contributed by atoms with van der Waals surface area (Å²) < 4.78 is 41.2. The van der Waals surface area contributed by atoms with Crippen LogP contribution in [0.4, 0.5) is 18.9 Å². The molecule has 1 aliphatic rings. The summed E-state index contributed by atoms with van der Waals surface area (Å²) in [5.74, 6) is -0.166. The van der Waals surface area contributed by atoms with E-state index in [4.69, 9.17) is 0 Å². The van der Waals surface area contributed by atoms with E-state index in [-0.39, 0.29) is 28.9 Å². The van der Waals surface area contributed by atoms with Crippen molar-refractivity contribution in [2.24, 2.45) is 5.92 Å². The molecule has 0 atom stereocenters. The molecule has 2 heterocycles.